The first-order chi connectivity index (χ1) is 10.7. The van der Waals surface area contributed by atoms with Crippen LogP contribution in [0.5, 0.6) is 0 Å². The van der Waals surface area contributed by atoms with E-state index in [1.807, 2.05) is 13.1 Å². The van der Waals surface area contributed by atoms with Gasteiger partial charge in [0, 0.05) is 20.6 Å². The molecule has 2 N–H and O–H groups in total. The Hall–Kier alpha value is -1.64. The van der Waals surface area contributed by atoms with Crippen molar-refractivity contribution in [2.75, 3.05) is 13.6 Å². The molecule has 0 bridgehead atoms. The Morgan fingerprint density at radius 1 is 1.26 bits per heavy atom. The second-order valence-electron chi connectivity index (χ2n) is 5.25. The SMILES string of the molecule is CN=C(NCCC(C)c1ccccc1)NCc1ncnn1C.I. The largest absolute Gasteiger partial charge is 0.356 e. The molecule has 126 valence electrons. The van der Waals surface area contributed by atoms with Crippen molar-refractivity contribution < 1.29 is 0 Å². The Morgan fingerprint density at radius 3 is 2.61 bits per heavy atom. The maximum Gasteiger partial charge on any atom is 0.191 e. The summed E-state index contributed by atoms with van der Waals surface area (Å²) in [6.45, 7) is 3.71. The van der Waals surface area contributed by atoms with Crippen LogP contribution in [0, 0.1) is 0 Å². The fourth-order valence-corrected chi connectivity index (χ4v) is 2.22. The normalized spacial score (nSPS) is 12.4. The number of nitrogens with zero attached hydrogens (tertiary/aromatic N) is 4. The summed E-state index contributed by atoms with van der Waals surface area (Å²) in [6.07, 6.45) is 2.60. The van der Waals surface area contributed by atoms with Crippen molar-refractivity contribution in [2.45, 2.75) is 25.8 Å². The summed E-state index contributed by atoms with van der Waals surface area (Å²) in [5, 5.41) is 10.6. The highest BCUT2D eigenvalue weighted by Gasteiger charge is 2.06. The highest BCUT2D eigenvalue weighted by atomic mass is 127. The molecular weight excluding hydrogens is 403 g/mol. The molecule has 2 rings (SSSR count). The van der Waals surface area contributed by atoms with E-state index >= 15 is 0 Å². The van der Waals surface area contributed by atoms with Gasteiger partial charge in [-0.15, -0.1) is 24.0 Å². The van der Waals surface area contributed by atoms with E-state index in [0.29, 0.717) is 12.5 Å². The number of hydrogen-bond acceptors (Lipinski definition) is 3. The molecule has 6 nitrogen and oxygen atoms in total. The van der Waals surface area contributed by atoms with Gasteiger partial charge in [-0.3, -0.25) is 9.67 Å². The monoisotopic (exact) mass is 428 g/mol. The van der Waals surface area contributed by atoms with E-state index in [4.69, 9.17) is 0 Å². The molecule has 1 aromatic carbocycles. The van der Waals surface area contributed by atoms with Gasteiger partial charge in [-0.1, -0.05) is 37.3 Å². The number of aromatic nitrogens is 3. The smallest absolute Gasteiger partial charge is 0.191 e. The van der Waals surface area contributed by atoms with Gasteiger partial charge in [0.05, 0.1) is 6.54 Å². The predicted octanol–water partition coefficient (Wildman–Crippen LogP) is 2.29. The molecule has 0 amide bonds. The minimum absolute atomic E-state index is 0. The number of nitrogens with one attached hydrogen (secondary N) is 2. The van der Waals surface area contributed by atoms with Gasteiger partial charge < -0.3 is 10.6 Å². The van der Waals surface area contributed by atoms with Crippen molar-refractivity contribution in [3.8, 4) is 0 Å². The van der Waals surface area contributed by atoms with Crippen LogP contribution < -0.4 is 10.6 Å². The predicted molar refractivity (Wildman–Crippen MR) is 104 cm³/mol. The summed E-state index contributed by atoms with van der Waals surface area (Å²) in [5.41, 5.74) is 1.37. The summed E-state index contributed by atoms with van der Waals surface area (Å²) in [5.74, 6) is 2.18. The van der Waals surface area contributed by atoms with E-state index in [-0.39, 0.29) is 24.0 Å². The first-order valence-corrected chi connectivity index (χ1v) is 7.53. The lowest BCUT2D eigenvalue weighted by molar-refractivity contribution is 0.641. The number of hydrogen-bond donors (Lipinski definition) is 2. The van der Waals surface area contributed by atoms with Gasteiger partial charge in [0.2, 0.25) is 0 Å². The second kappa shape index (κ2) is 10.2. The topological polar surface area (TPSA) is 67.1 Å². The molecule has 0 radical (unpaired) electrons. The van der Waals surface area contributed by atoms with Crippen LogP contribution in [-0.4, -0.2) is 34.3 Å². The molecule has 7 heteroatoms. The number of halogens is 1. The zero-order valence-corrected chi connectivity index (χ0v) is 16.2. The number of aliphatic imine (C=N–C) groups is 1. The van der Waals surface area contributed by atoms with Crippen LogP contribution in [0.15, 0.2) is 41.7 Å². The fraction of sp³-hybridized carbons (Fsp3) is 0.438. The molecule has 0 aliphatic rings. The zero-order chi connectivity index (χ0) is 15.8. The van der Waals surface area contributed by atoms with E-state index in [1.165, 1.54) is 5.56 Å². The molecule has 1 unspecified atom stereocenters. The Labute approximate surface area is 154 Å². The lowest BCUT2D eigenvalue weighted by Crippen LogP contribution is -2.38. The Morgan fingerprint density at radius 2 is 2.00 bits per heavy atom. The number of aryl methyl sites for hydroxylation is 1. The molecule has 0 saturated heterocycles. The molecule has 0 spiro atoms. The minimum atomic E-state index is 0. The molecule has 0 saturated carbocycles. The summed E-state index contributed by atoms with van der Waals surface area (Å²) in [6, 6.07) is 10.6. The number of guanidine groups is 1. The molecular formula is C16H25IN6. The maximum atomic E-state index is 4.22. The Balaban J connectivity index is 0.00000264. The van der Waals surface area contributed by atoms with Gasteiger partial charge >= 0.3 is 0 Å². The van der Waals surface area contributed by atoms with Gasteiger partial charge in [-0.05, 0) is 17.9 Å². The molecule has 0 aliphatic carbocycles. The van der Waals surface area contributed by atoms with E-state index in [9.17, 15) is 0 Å². The van der Waals surface area contributed by atoms with Crippen LogP contribution in [-0.2, 0) is 13.6 Å². The lowest BCUT2D eigenvalue weighted by Gasteiger charge is -2.15. The number of benzene rings is 1. The van der Waals surface area contributed by atoms with Crippen molar-refractivity contribution in [1.29, 1.82) is 0 Å². The standard InChI is InChI=1S/C16H24N6.HI/c1-13(14-7-5-4-6-8-14)9-10-18-16(17-2)19-11-15-20-12-21-22(15)3;/h4-8,12-13H,9-11H2,1-3H3,(H2,17,18,19);1H. The zero-order valence-electron chi connectivity index (χ0n) is 13.9. The van der Waals surface area contributed by atoms with Crippen molar-refractivity contribution in [2.24, 2.45) is 12.0 Å². The quantitative estimate of drug-likeness (QED) is 0.421. The van der Waals surface area contributed by atoms with Crippen LogP contribution in [0.3, 0.4) is 0 Å². The van der Waals surface area contributed by atoms with E-state index in [2.05, 4.69) is 56.9 Å². The van der Waals surface area contributed by atoms with Gasteiger partial charge in [-0.2, -0.15) is 5.10 Å². The highest BCUT2D eigenvalue weighted by Crippen LogP contribution is 2.17. The summed E-state index contributed by atoms with van der Waals surface area (Å²) >= 11 is 0. The van der Waals surface area contributed by atoms with Crippen molar-refractivity contribution in [3.63, 3.8) is 0 Å². The number of rotatable bonds is 6. The van der Waals surface area contributed by atoms with Gasteiger partial charge in [0.15, 0.2) is 5.96 Å². The van der Waals surface area contributed by atoms with Crippen molar-refractivity contribution >= 4 is 29.9 Å². The van der Waals surface area contributed by atoms with Crippen molar-refractivity contribution in [1.82, 2.24) is 25.4 Å². The average molecular weight is 428 g/mol. The van der Waals surface area contributed by atoms with E-state index in [1.54, 1.807) is 18.1 Å². The molecule has 0 fully saturated rings. The van der Waals surface area contributed by atoms with E-state index in [0.717, 1.165) is 24.7 Å². The Bertz CT molecular complexity index is 596. The van der Waals surface area contributed by atoms with Crippen molar-refractivity contribution in [3.05, 3.63) is 48.0 Å². The second-order valence-corrected chi connectivity index (χ2v) is 5.25. The van der Waals surface area contributed by atoms with Gasteiger partial charge in [0.25, 0.3) is 0 Å². The first-order valence-electron chi connectivity index (χ1n) is 7.53. The molecule has 1 aromatic heterocycles. The van der Waals surface area contributed by atoms with Crippen LogP contribution in [0.1, 0.15) is 30.7 Å². The van der Waals surface area contributed by atoms with Gasteiger partial charge in [0.1, 0.15) is 12.2 Å². The van der Waals surface area contributed by atoms with Crippen LogP contribution in [0.25, 0.3) is 0 Å². The maximum absolute atomic E-state index is 4.22. The lowest BCUT2D eigenvalue weighted by atomic mass is 9.98. The summed E-state index contributed by atoms with van der Waals surface area (Å²) < 4.78 is 1.75. The molecule has 23 heavy (non-hydrogen) atoms. The van der Waals surface area contributed by atoms with E-state index < -0.39 is 0 Å². The summed E-state index contributed by atoms with van der Waals surface area (Å²) in [7, 11) is 3.65. The third kappa shape index (κ3) is 6.17. The summed E-state index contributed by atoms with van der Waals surface area (Å²) in [4.78, 5) is 8.40. The molecule has 2 aromatic rings. The Kier molecular flexibility index (Phi) is 8.60. The first kappa shape index (κ1) is 19.4. The molecule has 1 heterocycles. The van der Waals surface area contributed by atoms with Gasteiger partial charge in [-0.25, -0.2) is 4.98 Å². The fourth-order valence-electron chi connectivity index (χ4n) is 2.22. The average Bonchev–Trinajstić information content (AvgIpc) is 2.96. The van der Waals surface area contributed by atoms with Crippen LogP contribution >= 0.6 is 24.0 Å². The van der Waals surface area contributed by atoms with Crippen LogP contribution in [0.2, 0.25) is 0 Å². The van der Waals surface area contributed by atoms with Crippen LogP contribution in [0.4, 0.5) is 0 Å². The minimum Gasteiger partial charge on any atom is -0.356 e. The third-order valence-corrected chi connectivity index (χ3v) is 3.68. The molecule has 0 aliphatic heterocycles. The molecule has 1 atom stereocenters. The third-order valence-electron chi connectivity index (χ3n) is 3.68. The highest BCUT2D eigenvalue weighted by molar-refractivity contribution is 14.0.